The number of anilines is 1. The van der Waals surface area contributed by atoms with E-state index >= 15 is 0 Å². The molecule has 0 bridgehead atoms. The molecule has 1 fully saturated rings. The second-order valence-electron chi connectivity index (χ2n) is 4.26. The Labute approximate surface area is 96.7 Å². The Morgan fingerprint density at radius 1 is 1.50 bits per heavy atom. The normalized spacial score (nSPS) is 14.5. The van der Waals surface area contributed by atoms with Gasteiger partial charge in [0.05, 0.1) is 6.54 Å². The third kappa shape index (κ3) is 2.74. The lowest BCUT2D eigenvalue weighted by Crippen LogP contribution is -2.26. The van der Waals surface area contributed by atoms with Gasteiger partial charge in [-0.2, -0.15) is 0 Å². The van der Waals surface area contributed by atoms with Gasteiger partial charge >= 0.3 is 0 Å². The smallest absolute Gasteiger partial charge is 0.129 e. The Morgan fingerprint density at radius 3 is 2.81 bits per heavy atom. The van der Waals surface area contributed by atoms with E-state index in [1.807, 2.05) is 18.3 Å². The van der Waals surface area contributed by atoms with Gasteiger partial charge in [-0.05, 0) is 30.4 Å². The molecule has 0 aromatic carbocycles. The third-order valence-corrected chi connectivity index (χ3v) is 2.83. The van der Waals surface area contributed by atoms with E-state index in [4.69, 9.17) is 12.2 Å². The molecule has 0 amide bonds. The van der Waals surface area contributed by atoms with Crippen LogP contribution in [-0.2, 0) is 6.54 Å². The maximum absolute atomic E-state index is 5.54. The second kappa shape index (κ2) is 5.00. The van der Waals surface area contributed by atoms with E-state index in [1.165, 1.54) is 12.8 Å². The van der Waals surface area contributed by atoms with Crippen LogP contribution in [0, 0.1) is 18.3 Å². The van der Waals surface area contributed by atoms with E-state index in [9.17, 15) is 0 Å². The van der Waals surface area contributed by atoms with Gasteiger partial charge in [-0.1, -0.05) is 12.0 Å². The van der Waals surface area contributed by atoms with Gasteiger partial charge in [-0.25, -0.2) is 4.98 Å². The molecule has 3 nitrogen and oxygen atoms in total. The topological polar surface area (TPSA) is 42.1 Å². The molecule has 0 unspecified atom stereocenters. The fourth-order valence-electron chi connectivity index (χ4n) is 1.69. The van der Waals surface area contributed by atoms with E-state index in [2.05, 4.69) is 15.8 Å². The molecule has 0 aliphatic heterocycles. The lowest BCUT2D eigenvalue weighted by atomic mass is 10.2. The molecule has 0 spiro atoms. The number of hydrogen-bond acceptors (Lipinski definition) is 3. The highest BCUT2D eigenvalue weighted by molar-refractivity contribution is 5.41. The van der Waals surface area contributed by atoms with Crippen molar-refractivity contribution in [1.82, 2.24) is 4.98 Å². The highest BCUT2D eigenvalue weighted by Crippen LogP contribution is 2.30. The molecule has 0 saturated heterocycles. The summed E-state index contributed by atoms with van der Waals surface area (Å²) in [4.78, 5) is 6.56. The van der Waals surface area contributed by atoms with Crippen LogP contribution in [0.1, 0.15) is 18.4 Å². The highest BCUT2D eigenvalue weighted by Gasteiger charge is 2.24. The molecule has 2 N–H and O–H groups in total. The van der Waals surface area contributed by atoms with Gasteiger partial charge in [0.25, 0.3) is 0 Å². The third-order valence-electron chi connectivity index (χ3n) is 2.83. The summed E-state index contributed by atoms with van der Waals surface area (Å²) in [7, 11) is 0. The number of hydrogen-bond donors (Lipinski definition) is 1. The maximum Gasteiger partial charge on any atom is 0.129 e. The molecule has 1 aliphatic rings. The quantitative estimate of drug-likeness (QED) is 0.755. The van der Waals surface area contributed by atoms with Crippen molar-refractivity contribution in [1.29, 1.82) is 0 Å². The Kier molecular flexibility index (Phi) is 3.43. The maximum atomic E-state index is 5.54. The zero-order chi connectivity index (χ0) is 11.4. The van der Waals surface area contributed by atoms with Crippen LogP contribution in [0.5, 0.6) is 0 Å². The summed E-state index contributed by atoms with van der Waals surface area (Å²) in [5.41, 5.74) is 6.59. The molecule has 1 saturated carbocycles. The van der Waals surface area contributed by atoms with Gasteiger partial charge in [0, 0.05) is 19.3 Å². The Balaban J connectivity index is 2.07. The van der Waals surface area contributed by atoms with Crippen LogP contribution < -0.4 is 10.6 Å². The van der Waals surface area contributed by atoms with Gasteiger partial charge in [0.15, 0.2) is 0 Å². The molecule has 1 aromatic heterocycles. The van der Waals surface area contributed by atoms with Gasteiger partial charge in [-0.15, -0.1) is 6.42 Å². The van der Waals surface area contributed by atoms with E-state index in [0.717, 1.165) is 23.8 Å². The average molecular weight is 215 g/mol. The van der Waals surface area contributed by atoms with Gasteiger partial charge < -0.3 is 10.6 Å². The summed E-state index contributed by atoms with van der Waals surface area (Å²) in [6, 6.07) is 4.01. The molecule has 1 aromatic rings. The van der Waals surface area contributed by atoms with E-state index in [1.54, 1.807) is 0 Å². The first kappa shape index (κ1) is 11.0. The molecule has 84 valence electrons. The molecule has 16 heavy (non-hydrogen) atoms. The van der Waals surface area contributed by atoms with Crippen molar-refractivity contribution in [3.05, 3.63) is 23.9 Å². The van der Waals surface area contributed by atoms with E-state index < -0.39 is 0 Å². The fourth-order valence-corrected chi connectivity index (χ4v) is 1.69. The van der Waals surface area contributed by atoms with E-state index in [-0.39, 0.29) is 0 Å². The Bertz CT molecular complexity index is 373. The largest absolute Gasteiger partial charge is 0.345 e. The minimum atomic E-state index is 0.533. The average Bonchev–Trinajstić information content (AvgIpc) is 3.13. The van der Waals surface area contributed by atoms with Crippen LogP contribution in [0.25, 0.3) is 0 Å². The lowest BCUT2D eigenvalue weighted by Gasteiger charge is -2.21. The first-order valence-electron chi connectivity index (χ1n) is 5.67. The number of nitrogens with zero attached hydrogens (tertiary/aromatic N) is 2. The predicted octanol–water partition coefficient (Wildman–Crippen LogP) is 1.39. The van der Waals surface area contributed by atoms with Gasteiger partial charge in [0.2, 0.25) is 0 Å². The molecule has 3 heteroatoms. The summed E-state index contributed by atoms with van der Waals surface area (Å²) in [5, 5.41) is 0. The molecule has 2 rings (SSSR count). The van der Waals surface area contributed by atoms with Gasteiger partial charge in [0.1, 0.15) is 5.82 Å². The number of rotatable bonds is 5. The summed E-state index contributed by atoms with van der Waals surface area (Å²) in [6.45, 7) is 2.19. The number of nitrogens with two attached hydrogens (primary N) is 1. The zero-order valence-corrected chi connectivity index (χ0v) is 9.39. The monoisotopic (exact) mass is 215 g/mol. The number of pyridine rings is 1. The molecular formula is C13H17N3. The summed E-state index contributed by atoms with van der Waals surface area (Å²) in [6.07, 6.45) is 9.85. The standard InChI is InChI=1S/C13H17N3/c1-2-7-16(10-11-3-4-11)13-6-5-12(8-14)9-15-13/h1,5-6,9,11H,3-4,7-8,10,14H2. The molecule has 1 aliphatic carbocycles. The van der Waals surface area contributed by atoms with Crippen molar-refractivity contribution < 1.29 is 0 Å². The Morgan fingerprint density at radius 2 is 2.31 bits per heavy atom. The number of terminal acetylenes is 1. The molecular weight excluding hydrogens is 198 g/mol. The van der Waals surface area contributed by atoms with Gasteiger partial charge in [-0.3, -0.25) is 0 Å². The van der Waals surface area contributed by atoms with Crippen molar-refractivity contribution in [2.24, 2.45) is 11.7 Å². The lowest BCUT2D eigenvalue weighted by molar-refractivity contribution is 0.754. The first-order chi connectivity index (χ1) is 7.83. The van der Waals surface area contributed by atoms with Crippen LogP contribution in [0.3, 0.4) is 0 Å². The first-order valence-corrected chi connectivity index (χ1v) is 5.67. The second-order valence-corrected chi connectivity index (χ2v) is 4.26. The van der Waals surface area contributed by atoms with Crippen LogP contribution >= 0.6 is 0 Å². The SMILES string of the molecule is C#CCN(CC1CC1)c1ccc(CN)cn1. The van der Waals surface area contributed by atoms with Crippen molar-refractivity contribution in [2.75, 3.05) is 18.0 Å². The molecule has 1 heterocycles. The fraction of sp³-hybridized carbons (Fsp3) is 0.462. The van der Waals surface area contributed by atoms with Crippen molar-refractivity contribution >= 4 is 5.82 Å². The molecule has 0 radical (unpaired) electrons. The van der Waals surface area contributed by atoms with E-state index in [0.29, 0.717) is 13.1 Å². The minimum absolute atomic E-state index is 0.533. The highest BCUT2D eigenvalue weighted by atomic mass is 15.2. The van der Waals surface area contributed by atoms with Crippen LogP contribution in [0.4, 0.5) is 5.82 Å². The Hall–Kier alpha value is -1.53. The predicted molar refractivity (Wildman–Crippen MR) is 65.9 cm³/mol. The number of aromatic nitrogens is 1. The van der Waals surface area contributed by atoms with Crippen molar-refractivity contribution in [2.45, 2.75) is 19.4 Å². The summed E-state index contributed by atoms with van der Waals surface area (Å²) >= 11 is 0. The van der Waals surface area contributed by atoms with Crippen molar-refractivity contribution in [3.63, 3.8) is 0 Å². The van der Waals surface area contributed by atoms with Crippen LogP contribution in [0.15, 0.2) is 18.3 Å². The van der Waals surface area contributed by atoms with Crippen LogP contribution in [-0.4, -0.2) is 18.1 Å². The summed E-state index contributed by atoms with van der Waals surface area (Å²) < 4.78 is 0. The van der Waals surface area contributed by atoms with Crippen molar-refractivity contribution in [3.8, 4) is 12.3 Å². The molecule has 0 atom stereocenters. The van der Waals surface area contributed by atoms with Crippen LogP contribution in [0.2, 0.25) is 0 Å². The zero-order valence-electron chi connectivity index (χ0n) is 9.39. The summed E-state index contributed by atoms with van der Waals surface area (Å²) in [5.74, 6) is 4.46. The minimum Gasteiger partial charge on any atom is -0.345 e.